The summed E-state index contributed by atoms with van der Waals surface area (Å²) in [7, 11) is -3.59. The normalized spacial score (nSPS) is 16.5. The Kier molecular flexibility index (Phi) is 7.88. The number of sulfonamides is 1. The minimum atomic E-state index is -3.59. The molecule has 2 rings (SSSR count). The van der Waals surface area contributed by atoms with Crippen molar-refractivity contribution in [2.45, 2.75) is 44.4 Å². The summed E-state index contributed by atoms with van der Waals surface area (Å²) in [5, 5.41) is 3.13. The van der Waals surface area contributed by atoms with Crippen LogP contribution in [0, 0.1) is 0 Å². The number of nitrogens with zero attached hydrogens (tertiary/aromatic N) is 1. The van der Waals surface area contributed by atoms with Crippen molar-refractivity contribution in [2.24, 2.45) is 0 Å². The van der Waals surface area contributed by atoms with Crippen LogP contribution >= 0.6 is 11.6 Å². The Morgan fingerprint density at radius 2 is 1.77 bits per heavy atom. The molecule has 0 radical (unpaired) electrons. The molecule has 1 aliphatic heterocycles. The van der Waals surface area contributed by atoms with Gasteiger partial charge < -0.3 is 10.2 Å². The lowest BCUT2D eigenvalue weighted by Crippen LogP contribution is -3.12. The van der Waals surface area contributed by atoms with Crippen LogP contribution in [0.4, 0.5) is 5.69 Å². The second-order valence-electron chi connectivity index (χ2n) is 6.62. The highest BCUT2D eigenvalue weighted by atomic mass is 35.5. The molecule has 8 heteroatoms. The van der Waals surface area contributed by atoms with Crippen LogP contribution in [0.1, 0.15) is 39.5 Å². The molecule has 146 valence electrons. The quantitative estimate of drug-likeness (QED) is 0.730. The number of likely N-dealkylation sites (tertiary alicyclic amines) is 1. The van der Waals surface area contributed by atoms with Gasteiger partial charge in [0.25, 0.3) is 5.91 Å². The zero-order valence-corrected chi connectivity index (χ0v) is 17.1. The summed E-state index contributed by atoms with van der Waals surface area (Å²) in [6.45, 7) is 6.74. The minimum absolute atomic E-state index is 0.138. The summed E-state index contributed by atoms with van der Waals surface area (Å²) in [5.41, 5.74) is 0.346. The third-order valence-corrected chi connectivity index (χ3v) is 7.15. The third kappa shape index (κ3) is 5.42. The van der Waals surface area contributed by atoms with E-state index >= 15 is 0 Å². The fraction of sp³-hybridized carbons (Fsp3) is 0.611. The van der Waals surface area contributed by atoms with Crippen LogP contribution in [-0.2, 0) is 14.8 Å². The van der Waals surface area contributed by atoms with Gasteiger partial charge in [0.05, 0.1) is 28.7 Å². The van der Waals surface area contributed by atoms with Crippen molar-refractivity contribution in [1.29, 1.82) is 0 Å². The third-order valence-electron chi connectivity index (χ3n) is 4.78. The maximum Gasteiger partial charge on any atom is 0.279 e. The van der Waals surface area contributed by atoms with Gasteiger partial charge in [-0.1, -0.05) is 25.4 Å². The summed E-state index contributed by atoms with van der Waals surface area (Å²) < 4.78 is 26.7. The monoisotopic (exact) mass is 402 g/mol. The lowest BCUT2D eigenvalue weighted by Gasteiger charge is -2.20. The van der Waals surface area contributed by atoms with E-state index in [-0.39, 0.29) is 10.8 Å². The predicted octanol–water partition coefficient (Wildman–Crippen LogP) is 1.77. The average molecular weight is 403 g/mol. The van der Waals surface area contributed by atoms with Crippen molar-refractivity contribution in [3.63, 3.8) is 0 Å². The van der Waals surface area contributed by atoms with Crippen LogP contribution in [0.15, 0.2) is 23.1 Å². The van der Waals surface area contributed by atoms with Gasteiger partial charge >= 0.3 is 0 Å². The number of nitrogens with one attached hydrogen (secondary N) is 2. The molecule has 1 aromatic carbocycles. The molecule has 26 heavy (non-hydrogen) atoms. The second kappa shape index (κ2) is 9.69. The zero-order chi connectivity index (χ0) is 19.2. The average Bonchev–Trinajstić information content (AvgIpc) is 2.86. The maximum absolute atomic E-state index is 12.7. The molecule has 1 saturated heterocycles. The summed E-state index contributed by atoms with van der Waals surface area (Å²) in [6, 6.07) is 4.45. The van der Waals surface area contributed by atoms with E-state index in [4.69, 9.17) is 11.6 Å². The Balaban J connectivity index is 2.13. The van der Waals surface area contributed by atoms with Crippen molar-refractivity contribution in [3.05, 3.63) is 23.2 Å². The first-order chi connectivity index (χ1) is 12.4. The van der Waals surface area contributed by atoms with Crippen molar-refractivity contribution in [2.75, 3.05) is 38.0 Å². The van der Waals surface area contributed by atoms with Crippen LogP contribution in [0.5, 0.6) is 0 Å². The van der Waals surface area contributed by atoms with Crippen molar-refractivity contribution in [1.82, 2.24) is 4.31 Å². The van der Waals surface area contributed by atoms with Crippen molar-refractivity contribution < 1.29 is 18.1 Å². The molecule has 1 amide bonds. The molecule has 1 heterocycles. The van der Waals surface area contributed by atoms with Crippen LogP contribution in [-0.4, -0.2) is 51.4 Å². The van der Waals surface area contributed by atoms with E-state index in [9.17, 15) is 13.2 Å². The standard InChI is InChI=1S/C18H28ClN3O3S/c1-3-22(4-2)26(24,25)15-9-10-16(19)17(13-15)20-18(23)14-21-11-7-5-6-8-12-21/h9-10,13H,3-8,11-12,14H2,1-2H3,(H,20,23)/p+1. The Bertz CT molecular complexity index is 712. The first kappa shape index (κ1) is 21.2. The van der Waals surface area contributed by atoms with Gasteiger partial charge in [0, 0.05) is 13.1 Å². The minimum Gasteiger partial charge on any atom is -0.327 e. The molecule has 1 aromatic rings. The fourth-order valence-corrected chi connectivity index (χ4v) is 4.95. The first-order valence-corrected chi connectivity index (χ1v) is 11.1. The van der Waals surface area contributed by atoms with Gasteiger partial charge in [-0.2, -0.15) is 4.31 Å². The van der Waals surface area contributed by atoms with E-state index in [0.717, 1.165) is 25.9 Å². The maximum atomic E-state index is 12.7. The molecule has 0 atom stereocenters. The van der Waals surface area contributed by atoms with Gasteiger partial charge in [-0.3, -0.25) is 4.79 Å². The van der Waals surface area contributed by atoms with Gasteiger partial charge in [-0.15, -0.1) is 0 Å². The molecule has 1 aliphatic rings. The van der Waals surface area contributed by atoms with Crippen LogP contribution in [0.2, 0.25) is 5.02 Å². The summed E-state index contributed by atoms with van der Waals surface area (Å²) >= 11 is 6.18. The zero-order valence-electron chi connectivity index (χ0n) is 15.6. The number of rotatable bonds is 7. The molecule has 0 unspecified atom stereocenters. The Labute approximate surface area is 161 Å². The van der Waals surface area contributed by atoms with Crippen molar-refractivity contribution in [3.8, 4) is 0 Å². The molecule has 6 nitrogen and oxygen atoms in total. The Morgan fingerprint density at radius 1 is 1.15 bits per heavy atom. The molecule has 0 spiro atoms. The molecule has 0 aliphatic carbocycles. The number of carbonyl (C=O) groups is 1. The molecule has 2 N–H and O–H groups in total. The Morgan fingerprint density at radius 3 is 2.35 bits per heavy atom. The van der Waals surface area contributed by atoms with Gasteiger partial charge in [-0.05, 0) is 43.9 Å². The van der Waals surface area contributed by atoms with E-state index in [1.807, 2.05) is 0 Å². The van der Waals surface area contributed by atoms with Crippen molar-refractivity contribution >= 4 is 33.2 Å². The summed E-state index contributed by atoms with van der Waals surface area (Å²) in [5.74, 6) is -0.138. The van der Waals surface area contributed by atoms with E-state index < -0.39 is 10.0 Å². The van der Waals surface area contributed by atoms with Gasteiger partial charge in [0.2, 0.25) is 10.0 Å². The van der Waals surface area contributed by atoms with Gasteiger partial charge in [-0.25, -0.2) is 8.42 Å². The van der Waals surface area contributed by atoms with Crippen LogP contribution in [0.3, 0.4) is 0 Å². The highest BCUT2D eigenvalue weighted by molar-refractivity contribution is 7.89. The molecule has 0 aromatic heterocycles. The van der Waals surface area contributed by atoms with Crippen LogP contribution in [0.25, 0.3) is 0 Å². The highest BCUT2D eigenvalue weighted by Gasteiger charge is 2.23. The summed E-state index contributed by atoms with van der Waals surface area (Å²) in [4.78, 5) is 13.8. The molecule has 0 saturated carbocycles. The molecule has 1 fully saturated rings. The number of quaternary nitrogens is 1. The lowest BCUT2D eigenvalue weighted by molar-refractivity contribution is -0.890. The number of hydrogen-bond donors (Lipinski definition) is 2. The van der Waals surface area contributed by atoms with E-state index in [2.05, 4.69) is 5.32 Å². The van der Waals surface area contributed by atoms with E-state index in [1.165, 1.54) is 40.2 Å². The molecular formula is C18H29ClN3O3S+. The summed E-state index contributed by atoms with van der Waals surface area (Å²) in [6.07, 6.45) is 4.73. The van der Waals surface area contributed by atoms with Crippen LogP contribution < -0.4 is 10.2 Å². The fourth-order valence-electron chi connectivity index (χ4n) is 3.30. The van der Waals surface area contributed by atoms with Gasteiger partial charge in [0.15, 0.2) is 6.54 Å². The van der Waals surface area contributed by atoms with E-state index in [0.29, 0.717) is 30.3 Å². The number of hydrogen-bond acceptors (Lipinski definition) is 3. The smallest absolute Gasteiger partial charge is 0.279 e. The molecule has 0 bridgehead atoms. The van der Waals surface area contributed by atoms with Gasteiger partial charge in [0.1, 0.15) is 0 Å². The number of amides is 1. The second-order valence-corrected chi connectivity index (χ2v) is 8.97. The first-order valence-electron chi connectivity index (χ1n) is 9.31. The topological polar surface area (TPSA) is 70.9 Å². The highest BCUT2D eigenvalue weighted by Crippen LogP contribution is 2.26. The number of carbonyl (C=O) groups excluding carboxylic acids is 1. The SMILES string of the molecule is CCN(CC)S(=O)(=O)c1ccc(Cl)c(NC(=O)C[NH+]2CCCCCC2)c1. The number of halogens is 1. The lowest BCUT2D eigenvalue weighted by atomic mass is 10.2. The largest absolute Gasteiger partial charge is 0.327 e. The predicted molar refractivity (Wildman–Crippen MR) is 104 cm³/mol. The van der Waals surface area contributed by atoms with E-state index in [1.54, 1.807) is 13.8 Å². The Hall–Kier alpha value is -1.15. The molecular weight excluding hydrogens is 374 g/mol. The number of anilines is 1. The number of benzene rings is 1.